The summed E-state index contributed by atoms with van der Waals surface area (Å²) >= 11 is 0. The van der Waals surface area contributed by atoms with Crippen molar-refractivity contribution < 1.29 is 23.1 Å². The lowest BCUT2D eigenvalue weighted by Gasteiger charge is -2.13. The van der Waals surface area contributed by atoms with E-state index in [1.165, 1.54) is 0 Å². The summed E-state index contributed by atoms with van der Waals surface area (Å²) in [5.41, 5.74) is 1.06. The van der Waals surface area contributed by atoms with E-state index in [2.05, 4.69) is 16.0 Å². The molecule has 2 heterocycles. The van der Waals surface area contributed by atoms with Crippen molar-refractivity contribution in [3.8, 4) is 0 Å². The Labute approximate surface area is 137 Å². The molecule has 0 aromatic heterocycles. The summed E-state index contributed by atoms with van der Waals surface area (Å²) < 4.78 is 31.5. The zero-order chi connectivity index (χ0) is 17.2. The molecule has 2 atom stereocenters. The Kier molecular flexibility index (Phi) is 4.77. The van der Waals surface area contributed by atoms with Crippen LogP contribution in [0.3, 0.4) is 0 Å². The van der Waals surface area contributed by atoms with Gasteiger partial charge in [-0.25, -0.2) is 8.78 Å². The van der Waals surface area contributed by atoms with Gasteiger partial charge in [0.05, 0.1) is 12.6 Å². The first-order chi connectivity index (χ1) is 11.4. The van der Waals surface area contributed by atoms with E-state index in [1.54, 1.807) is 24.3 Å². The van der Waals surface area contributed by atoms with Crippen molar-refractivity contribution in [3.63, 3.8) is 0 Å². The molecule has 0 radical (unpaired) electrons. The number of alkyl halides is 2. The molecule has 2 fully saturated rings. The van der Waals surface area contributed by atoms with Crippen LogP contribution in [-0.2, 0) is 14.3 Å². The number of ether oxygens (including phenoxy) is 1. The highest BCUT2D eigenvalue weighted by atomic mass is 19.3. The van der Waals surface area contributed by atoms with E-state index in [1.807, 2.05) is 0 Å². The fourth-order valence-corrected chi connectivity index (χ4v) is 2.77. The molecule has 1 aromatic rings. The minimum absolute atomic E-state index is 0.193. The Bertz CT molecular complexity index is 615. The van der Waals surface area contributed by atoms with Crippen molar-refractivity contribution in [2.75, 3.05) is 23.8 Å². The summed E-state index contributed by atoms with van der Waals surface area (Å²) in [6.07, 6.45) is 0.657. The molecule has 2 unspecified atom stereocenters. The number of amides is 2. The Morgan fingerprint density at radius 1 is 1.12 bits per heavy atom. The molecular weight excluding hydrogens is 320 g/mol. The molecular formula is C16H19F2N3O3. The van der Waals surface area contributed by atoms with E-state index < -0.39 is 36.9 Å². The number of anilines is 2. The number of rotatable bonds is 4. The largest absolute Gasteiger partial charge is 0.368 e. The van der Waals surface area contributed by atoms with Gasteiger partial charge >= 0.3 is 0 Å². The zero-order valence-electron chi connectivity index (χ0n) is 13.0. The molecule has 0 saturated carbocycles. The van der Waals surface area contributed by atoms with Crippen LogP contribution in [0.4, 0.5) is 20.2 Å². The second kappa shape index (κ2) is 6.82. The van der Waals surface area contributed by atoms with E-state index in [4.69, 9.17) is 4.74 Å². The van der Waals surface area contributed by atoms with Crippen LogP contribution in [0.5, 0.6) is 0 Å². The number of benzene rings is 1. The quantitative estimate of drug-likeness (QED) is 0.781. The summed E-state index contributed by atoms with van der Waals surface area (Å²) in [6, 6.07) is 5.59. The van der Waals surface area contributed by atoms with Gasteiger partial charge in [0.1, 0.15) is 6.10 Å². The molecule has 0 bridgehead atoms. The molecule has 2 aliphatic heterocycles. The van der Waals surface area contributed by atoms with Gasteiger partial charge in [0, 0.05) is 24.4 Å². The fourth-order valence-electron chi connectivity index (χ4n) is 2.77. The summed E-state index contributed by atoms with van der Waals surface area (Å²) in [6.45, 7) is 0.108. The Morgan fingerprint density at radius 2 is 1.75 bits per heavy atom. The maximum absolute atomic E-state index is 13.1. The predicted molar refractivity (Wildman–Crippen MR) is 84.0 cm³/mol. The molecule has 24 heavy (non-hydrogen) atoms. The van der Waals surface area contributed by atoms with E-state index >= 15 is 0 Å². The molecule has 1 aromatic carbocycles. The molecule has 3 rings (SSSR count). The van der Waals surface area contributed by atoms with Crippen LogP contribution in [-0.4, -0.2) is 43.0 Å². The molecule has 2 saturated heterocycles. The van der Waals surface area contributed by atoms with Crippen LogP contribution < -0.4 is 16.0 Å². The zero-order valence-corrected chi connectivity index (χ0v) is 13.0. The first kappa shape index (κ1) is 16.8. The van der Waals surface area contributed by atoms with Crippen molar-refractivity contribution in [2.45, 2.75) is 37.3 Å². The topological polar surface area (TPSA) is 79.5 Å². The van der Waals surface area contributed by atoms with Gasteiger partial charge in [0.2, 0.25) is 5.91 Å². The fraction of sp³-hybridized carbons (Fsp3) is 0.500. The van der Waals surface area contributed by atoms with E-state index in [9.17, 15) is 18.4 Å². The van der Waals surface area contributed by atoms with Crippen LogP contribution in [0, 0.1) is 0 Å². The van der Waals surface area contributed by atoms with Gasteiger partial charge in [-0.2, -0.15) is 0 Å². The second-order valence-corrected chi connectivity index (χ2v) is 6.05. The molecule has 3 N–H and O–H groups in total. The lowest BCUT2D eigenvalue weighted by molar-refractivity contribution is -0.124. The number of carbonyl (C=O) groups excluding carboxylic acids is 2. The van der Waals surface area contributed by atoms with Crippen molar-refractivity contribution in [3.05, 3.63) is 24.3 Å². The third-order valence-corrected chi connectivity index (χ3v) is 4.07. The van der Waals surface area contributed by atoms with Gasteiger partial charge in [0.15, 0.2) is 0 Å². The minimum atomic E-state index is -2.85. The second-order valence-electron chi connectivity index (χ2n) is 6.05. The van der Waals surface area contributed by atoms with Crippen molar-refractivity contribution >= 4 is 23.2 Å². The summed E-state index contributed by atoms with van der Waals surface area (Å²) in [7, 11) is 0. The third kappa shape index (κ3) is 4.07. The van der Waals surface area contributed by atoms with Crippen molar-refractivity contribution in [1.82, 2.24) is 5.32 Å². The van der Waals surface area contributed by atoms with E-state index in [0.29, 0.717) is 24.4 Å². The average Bonchev–Trinajstić information content (AvgIpc) is 3.18. The monoisotopic (exact) mass is 339 g/mol. The highest BCUT2D eigenvalue weighted by molar-refractivity contribution is 5.96. The number of hydrogen-bond donors (Lipinski definition) is 3. The van der Waals surface area contributed by atoms with Crippen LogP contribution in [0.15, 0.2) is 24.3 Å². The van der Waals surface area contributed by atoms with Crippen molar-refractivity contribution in [2.24, 2.45) is 0 Å². The van der Waals surface area contributed by atoms with Gasteiger partial charge in [-0.05, 0) is 37.1 Å². The average molecular weight is 339 g/mol. The van der Waals surface area contributed by atoms with Gasteiger partial charge in [0.25, 0.3) is 11.8 Å². The molecule has 8 heteroatoms. The SMILES string of the molecule is O=C(Nc1ccc(NC(=O)C2CCCO2)cc1)C1CC(F)(F)CN1. The predicted octanol–water partition coefficient (Wildman–Crippen LogP) is 1.74. The number of carbonyl (C=O) groups is 2. The highest BCUT2D eigenvalue weighted by Gasteiger charge is 2.42. The Morgan fingerprint density at radius 3 is 2.25 bits per heavy atom. The van der Waals surface area contributed by atoms with Gasteiger partial charge in [-0.15, -0.1) is 0 Å². The maximum Gasteiger partial charge on any atom is 0.262 e. The van der Waals surface area contributed by atoms with Crippen LogP contribution in [0.25, 0.3) is 0 Å². The molecule has 0 spiro atoms. The molecule has 130 valence electrons. The van der Waals surface area contributed by atoms with Crippen LogP contribution in [0.1, 0.15) is 19.3 Å². The van der Waals surface area contributed by atoms with Crippen molar-refractivity contribution in [1.29, 1.82) is 0 Å². The molecule has 0 aliphatic carbocycles. The summed E-state index contributed by atoms with van der Waals surface area (Å²) in [4.78, 5) is 23.9. The standard InChI is InChI=1S/C16H19F2N3O3/c17-16(18)8-12(19-9-16)14(22)20-10-3-5-11(6-4-10)21-15(23)13-2-1-7-24-13/h3-6,12-13,19H,1-2,7-9H2,(H,20,22)(H,21,23). The van der Waals surface area contributed by atoms with Gasteiger partial charge in [-0.3, -0.25) is 14.9 Å². The first-order valence-electron chi connectivity index (χ1n) is 7.88. The smallest absolute Gasteiger partial charge is 0.262 e. The number of hydrogen-bond acceptors (Lipinski definition) is 4. The summed E-state index contributed by atoms with van der Waals surface area (Å²) in [5.74, 6) is -3.54. The minimum Gasteiger partial charge on any atom is -0.368 e. The molecule has 6 nitrogen and oxygen atoms in total. The first-order valence-corrected chi connectivity index (χ1v) is 7.88. The maximum atomic E-state index is 13.1. The van der Waals surface area contributed by atoms with Crippen LogP contribution >= 0.6 is 0 Å². The summed E-state index contributed by atoms with van der Waals surface area (Å²) in [5, 5.41) is 7.83. The molecule has 2 amide bonds. The van der Waals surface area contributed by atoms with Crippen LogP contribution in [0.2, 0.25) is 0 Å². The molecule has 2 aliphatic rings. The van der Waals surface area contributed by atoms with E-state index in [-0.39, 0.29) is 5.91 Å². The Balaban J connectivity index is 1.52. The van der Waals surface area contributed by atoms with Gasteiger partial charge in [-0.1, -0.05) is 0 Å². The van der Waals surface area contributed by atoms with E-state index in [0.717, 1.165) is 6.42 Å². The normalized spacial score (nSPS) is 25.4. The van der Waals surface area contributed by atoms with Gasteiger partial charge < -0.3 is 15.4 Å². The number of nitrogens with one attached hydrogen (secondary N) is 3. The number of halogens is 2. The highest BCUT2D eigenvalue weighted by Crippen LogP contribution is 2.26. The third-order valence-electron chi connectivity index (χ3n) is 4.07. The Hall–Kier alpha value is -2.06. The lowest BCUT2D eigenvalue weighted by Crippen LogP contribution is -2.35. The lowest BCUT2D eigenvalue weighted by atomic mass is 10.1.